The summed E-state index contributed by atoms with van der Waals surface area (Å²) in [6.07, 6.45) is 5.84. The summed E-state index contributed by atoms with van der Waals surface area (Å²) in [4.78, 5) is 21.9. The predicted molar refractivity (Wildman–Crippen MR) is 124 cm³/mol. The SMILES string of the molecule is CCOC(=O)C1CCN(C(=NC)NCCCc2c[nH]c3ccccc23)CC1.I. The van der Waals surface area contributed by atoms with Gasteiger partial charge < -0.3 is 19.9 Å². The number of piperidine rings is 1. The molecule has 0 aliphatic carbocycles. The molecule has 7 heteroatoms. The van der Waals surface area contributed by atoms with Crippen LogP contribution in [0.4, 0.5) is 0 Å². The number of hydrogen-bond donors (Lipinski definition) is 2. The van der Waals surface area contributed by atoms with E-state index in [1.807, 2.05) is 14.0 Å². The number of carbonyl (C=O) groups excluding carboxylic acids is 1. The van der Waals surface area contributed by atoms with E-state index in [0.717, 1.165) is 51.3 Å². The average Bonchev–Trinajstić information content (AvgIpc) is 3.12. The van der Waals surface area contributed by atoms with Crippen LogP contribution in [0.2, 0.25) is 0 Å². The number of para-hydroxylation sites is 1. The summed E-state index contributed by atoms with van der Waals surface area (Å²) in [5.74, 6) is 0.899. The van der Waals surface area contributed by atoms with Gasteiger partial charge in [0.25, 0.3) is 0 Å². The van der Waals surface area contributed by atoms with Gasteiger partial charge in [0.15, 0.2) is 5.96 Å². The molecule has 6 nitrogen and oxygen atoms in total. The Balaban J connectivity index is 0.00000280. The zero-order valence-electron chi connectivity index (χ0n) is 16.7. The monoisotopic (exact) mass is 498 g/mol. The number of carbonyl (C=O) groups is 1. The molecule has 28 heavy (non-hydrogen) atoms. The Kier molecular flexibility index (Phi) is 9.08. The zero-order valence-corrected chi connectivity index (χ0v) is 19.1. The lowest BCUT2D eigenvalue weighted by atomic mass is 9.97. The third-order valence-electron chi connectivity index (χ3n) is 5.21. The number of benzene rings is 1. The molecular weight excluding hydrogens is 467 g/mol. The fourth-order valence-corrected chi connectivity index (χ4v) is 3.74. The Morgan fingerprint density at radius 3 is 2.79 bits per heavy atom. The molecule has 1 saturated heterocycles. The van der Waals surface area contributed by atoms with Crippen molar-refractivity contribution < 1.29 is 9.53 Å². The highest BCUT2D eigenvalue weighted by atomic mass is 127. The molecule has 0 saturated carbocycles. The predicted octanol–water partition coefficient (Wildman–Crippen LogP) is 3.57. The van der Waals surface area contributed by atoms with Crippen LogP contribution in [0.1, 0.15) is 31.7 Å². The molecule has 1 fully saturated rings. The number of fused-ring (bicyclic) bond motifs is 1. The van der Waals surface area contributed by atoms with Gasteiger partial charge >= 0.3 is 5.97 Å². The number of aliphatic imine (C=N–C) groups is 1. The Morgan fingerprint density at radius 2 is 2.07 bits per heavy atom. The number of halogens is 1. The summed E-state index contributed by atoms with van der Waals surface area (Å²) in [6, 6.07) is 8.42. The van der Waals surface area contributed by atoms with Gasteiger partial charge in [-0.3, -0.25) is 9.79 Å². The molecule has 1 aliphatic rings. The topological polar surface area (TPSA) is 69.7 Å². The normalized spacial score (nSPS) is 15.4. The highest BCUT2D eigenvalue weighted by Gasteiger charge is 2.27. The van der Waals surface area contributed by atoms with E-state index in [9.17, 15) is 4.79 Å². The van der Waals surface area contributed by atoms with E-state index in [0.29, 0.717) is 6.61 Å². The number of likely N-dealkylation sites (tertiary alicyclic amines) is 1. The van der Waals surface area contributed by atoms with Crippen molar-refractivity contribution in [1.29, 1.82) is 0 Å². The number of ether oxygens (including phenoxy) is 1. The fourth-order valence-electron chi connectivity index (χ4n) is 3.74. The summed E-state index contributed by atoms with van der Waals surface area (Å²) in [7, 11) is 1.82. The van der Waals surface area contributed by atoms with E-state index >= 15 is 0 Å². The summed E-state index contributed by atoms with van der Waals surface area (Å²) in [5, 5.41) is 4.78. The number of esters is 1. The van der Waals surface area contributed by atoms with E-state index in [1.165, 1.54) is 16.5 Å². The number of aryl methyl sites for hydroxylation is 1. The third-order valence-corrected chi connectivity index (χ3v) is 5.21. The Labute approximate surface area is 184 Å². The van der Waals surface area contributed by atoms with Gasteiger partial charge in [0.1, 0.15) is 0 Å². The summed E-state index contributed by atoms with van der Waals surface area (Å²) >= 11 is 0. The highest BCUT2D eigenvalue weighted by Crippen LogP contribution is 2.20. The molecule has 3 rings (SSSR count). The maximum absolute atomic E-state index is 11.9. The molecule has 0 amide bonds. The van der Waals surface area contributed by atoms with Gasteiger partial charge in [-0.1, -0.05) is 18.2 Å². The van der Waals surface area contributed by atoms with Crippen molar-refractivity contribution >= 4 is 46.8 Å². The zero-order chi connectivity index (χ0) is 19.1. The van der Waals surface area contributed by atoms with Crippen LogP contribution in [-0.4, -0.2) is 55.1 Å². The van der Waals surface area contributed by atoms with Crippen LogP contribution in [0, 0.1) is 5.92 Å². The summed E-state index contributed by atoms with van der Waals surface area (Å²) in [6.45, 7) is 4.87. The molecule has 0 unspecified atom stereocenters. The van der Waals surface area contributed by atoms with Crippen LogP contribution in [0.5, 0.6) is 0 Å². The van der Waals surface area contributed by atoms with Gasteiger partial charge in [-0.05, 0) is 44.2 Å². The first-order valence-corrected chi connectivity index (χ1v) is 9.90. The van der Waals surface area contributed by atoms with Crippen molar-refractivity contribution in [3.05, 3.63) is 36.0 Å². The van der Waals surface area contributed by atoms with Gasteiger partial charge in [0.05, 0.1) is 12.5 Å². The minimum Gasteiger partial charge on any atom is -0.466 e. The number of nitrogens with zero attached hydrogens (tertiary/aromatic N) is 2. The average molecular weight is 498 g/mol. The van der Waals surface area contributed by atoms with Crippen LogP contribution in [0.25, 0.3) is 10.9 Å². The van der Waals surface area contributed by atoms with Crippen LogP contribution in [0.3, 0.4) is 0 Å². The molecule has 2 heterocycles. The van der Waals surface area contributed by atoms with Gasteiger partial charge in [-0.2, -0.15) is 0 Å². The van der Waals surface area contributed by atoms with Crippen LogP contribution in [-0.2, 0) is 16.0 Å². The lowest BCUT2D eigenvalue weighted by molar-refractivity contribution is -0.149. The van der Waals surface area contributed by atoms with E-state index in [1.54, 1.807) is 0 Å². The Morgan fingerprint density at radius 1 is 1.32 bits per heavy atom. The van der Waals surface area contributed by atoms with Crippen molar-refractivity contribution in [2.75, 3.05) is 33.3 Å². The van der Waals surface area contributed by atoms with Gasteiger partial charge in [0, 0.05) is 43.8 Å². The minimum absolute atomic E-state index is 0. The van der Waals surface area contributed by atoms with Crippen LogP contribution >= 0.6 is 24.0 Å². The van der Waals surface area contributed by atoms with Crippen molar-refractivity contribution in [3.8, 4) is 0 Å². The Hall–Kier alpha value is -1.77. The number of nitrogens with one attached hydrogen (secondary N) is 2. The summed E-state index contributed by atoms with van der Waals surface area (Å²) < 4.78 is 5.14. The number of aromatic amines is 1. The molecule has 0 atom stereocenters. The standard InChI is InChI=1S/C21H30N4O2.HI/c1-3-27-20(26)16-10-13-25(14-11-16)21(22-2)23-12-6-7-17-15-24-19-9-5-4-8-18(17)19;/h4-5,8-9,15-16,24H,3,6-7,10-14H2,1-2H3,(H,22,23);1H. The lowest BCUT2D eigenvalue weighted by Gasteiger charge is -2.33. The smallest absolute Gasteiger partial charge is 0.309 e. The minimum atomic E-state index is -0.0566. The van der Waals surface area contributed by atoms with Crippen molar-refractivity contribution in [2.45, 2.75) is 32.6 Å². The maximum Gasteiger partial charge on any atom is 0.309 e. The van der Waals surface area contributed by atoms with E-state index < -0.39 is 0 Å². The Bertz CT molecular complexity index is 782. The van der Waals surface area contributed by atoms with Crippen molar-refractivity contribution in [3.63, 3.8) is 0 Å². The van der Waals surface area contributed by atoms with Crippen LogP contribution in [0.15, 0.2) is 35.5 Å². The molecule has 154 valence electrons. The highest BCUT2D eigenvalue weighted by molar-refractivity contribution is 14.0. The number of guanidine groups is 1. The summed E-state index contributed by atoms with van der Waals surface area (Å²) in [5.41, 5.74) is 2.55. The number of hydrogen-bond acceptors (Lipinski definition) is 3. The maximum atomic E-state index is 11.9. The van der Waals surface area contributed by atoms with E-state index in [2.05, 4.69) is 50.7 Å². The molecule has 1 aliphatic heterocycles. The molecule has 1 aromatic carbocycles. The second-order valence-electron chi connectivity index (χ2n) is 6.95. The molecule has 0 radical (unpaired) electrons. The third kappa shape index (κ3) is 5.62. The van der Waals surface area contributed by atoms with Gasteiger partial charge in [-0.15, -0.1) is 24.0 Å². The first-order valence-electron chi connectivity index (χ1n) is 9.90. The van der Waals surface area contributed by atoms with Crippen molar-refractivity contribution in [1.82, 2.24) is 15.2 Å². The molecular formula is C21H31IN4O2. The quantitative estimate of drug-likeness (QED) is 0.210. The van der Waals surface area contributed by atoms with E-state index in [-0.39, 0.29) is 35.9 Å². The number of rotatable bonds is 6. The molecule has 2 aromatic rings. The number of aromatic nitrogens is 1. The largest absolute Gasteiger partial charge is 0.466 e. The lowest BCUT2D eigenvalue weighted by Crippen LogP contribution is -2.47. The fraction of sp³-hybridized carbons (Fsp3) is 0.524. The second kappa shape index (κ2) is 11.3. The first kappa shape index (κ1) is 22.5. The molecule has 1 aromatic heterocycles. The number of H-pyrrole nitrogens is 1. The van der Waals surface area contributed by atoms with E-state index in [4.69, 9.17) is 4.74 Å². The molecule has 2 N–H and O–H groups in total. The molecule has 0 bridgehead atoms. The first-order chi connectivity index (χ1) is 13.2. The molecule has 0 spiro atoms. The van der Waals surface area contributed by atoms with Crippen LogP contribution < -0.4 is 5.32 Å². The van der Waals surface area contributed by atoms with Gasteiger partial charge in [0.2, 0.25) is 0 Å². The van der Waals surface area contributed by atoms with Crippen molar-refractivity contribution in [2.24, 2.45) is 10.9 Å². The van der Waals surface area contributed by atoms with Gasteiger partial charge in [-0.25, -0.2) is 0 Å². The second-order valence-corrected chi connectivity index (χ2v) is 6.95.